The highest BCUT2D eigenvalue weighted by Gasteiger charge is 2.21. The molecule has 0 bridgehead atoms. The lowest BCUT2D eigenvalue weighted by molar-refractivity contribution is 0.0345. The van der Waals surface area contributed by atoms with Crippen molar-refractivity contribution in [2.45, 2.75) is 39.0 Å². The fourth-order valence-corrected chi connectivity index (χ4v) is 2.87. The van der Waals surface area contributed by atoms with Gasteiger partial charge >= 0.3 is 0 Å². The number of rotatable bonds is 11. The number of hydrogen-bond donors (Lipinski definition) is 3. The summed E-state index contributed by atoms with van der Waals surface area (Å²) < 4.78 is 7.45. The molecule has 0 amide bonds. The van der Waals surface area contributed by atoms with E-state index >= 15 is 0 Å². The van der Waals surface area contributed by atoms with Gasteiger partial charge in [0.05, 0.1) is 25.8 Å². The molecule has 1 heterocycles. The van der Waals surface area contributed by atoms with Gasteiger partial charge in [0.15, 0.2) is 5.96 Å². The van der Waals surface area contributed by atoms with Gasteiger partial charge < -0.3 is 20.5 Å². The van der Waals surface area contributed by atoms with Crippen molar-refractivity contribution in [3.63, 3.8) is 0 Å². The quantitative estimate of drug-likeness (QED) is 0.406. The second-order valence-corrected chi connectivity index (χ2v) is 7.18. The molecule has 7 nitrogen and oxygen atoms in total. The molecule has 3 rings (SSSR count). The van der Waals surface area contributed by atoms with Crippen LogP contribution in [0.2, 0.25) is 0 Å². The highest BCUT2D eigenvalue weighted by atomic mass is 16.5. The third kappa shape index (κ3) is 6.98. The summed E-state index contributed by atoms with van der Waals surface area (Å²) in [5.74, 6) is 1.40. The molecule has 1 aliphatic carbocycles. The van der Waals surface area contributed by atoms with E-state index in [1.54, 1.807) is 6.20 Å². The Labute approximate surface area is 166 Å². The average Bonchev–Trinajstić information content (AvgIpc) is 3.38. The molecule has 0 radical (unpaired) electrons. The Kier molecular flexibility index (Phi) is 7.87. The van der Waals surface area contributed by atoms with E-state index in [4.69, 9.17) is 4.74 Å². The molecule has 152 valence electrons. The highest BCUT2D eigenvalue weighted by molar-refractivity contribution is 5.79. The second-order valence-electron chi connectivity index (χ2n) is 7.18. The zero-order valence-corrected chi connectivity index (χ0v) is 16.6. The first-order valence-electron chi connectivity index (χ1n) is 10.1. The molecule has 1 aliphatic rings. The normalized spacial score (nSPS) is 15.4. The van der Waals surface area contributed by atoms with Gasteiger partial charge in [0.2, 0.25) is 0 Å². The summed E-state index contributed by atoms with van der Waals surface area (Å²) in [4.78, 5) is 4.68. The standard InChI is InChI=1S/C21H31N5O2/c1-2-22-21(24-13-20(27)16-28-15-17-8-9-17)23-12-18-6-3-4-7-19(18)14-26-11-5-10-25-26/h3-7,10-11,17,20,27H,2,8-9,12-16H2,1H3,(H2,22,23,24). The average molecular weight is 386 g/mol. The lowest BCUT2D eigenvalue weighted by Crippen LogP contribution is -2.42. The van der Waals surface area contributed by atoms with Gasteiger partial charge in [-0.15, -0.1) is 0 Å². The van der Waals surface area contributed by atoms with E-state index in [0.29, 0.717) is 31.6 Å². The predicted octanol–water partition coefficient (Wildman–Crippen LogP) is 1.77. The molecule has 28 heavy (non-hydrogen) atoms. The van der Waals surface area contributed by atoms with Crippen LogP contribution in [0.3, 0.4) is 0 Å². The Morgan fingerprint density at radius 2 is 2.11 bits per heavy atom. The zero-order chi connectivity index (χ0) is 19.6. The van der Waals surface area contributed by atoms with Crippen molar-refractivity contribution < 1.29 is 9.84 Å². The maximum atomic E-state index is 10.1. The Hall–Kier alpha value is -2.38. The molecule has 1 saturated carbocycles. The summed E-state index contributed by atoms with van der Waals surface area (Å²) in [5, 5.41) is 20.8. The first kappa shape index (κ1) is 20.4. The minimum absolute atomic E-state index is 0.357. The molecule has 3 N–H and O–H groups in total. The van der Waals surface area contributed by atoms with E-state index in [-0.39, 0.29) is 0 Å². The molecular formula is C21H31N5O2. The van der Waals surface area contributed by atoms with Crippen LogP contribution in [0.5, 0.6) is 0 Å². The number of aromatic nitrogens is 2. The van der Waals surface area contributed by atoms with Crippen molar-refractivity contribution in [3.8, 4) is 0 Å². The van der Waals surface area contributed by atoms with Crippen LogP contribution in [0.4, 0.5) is 0 Å². The van der Waals surface area contributed by atoms with Crippen LogP contribution >= 0.6 is 0 Å². The Balaban J connectivity index is 1.51. The fourth-order valence-electron chi connectivity index (χ4n) is 2.87. The molecular weight excluding hydrogens is 354 g/mol. The van der Waals surface area contributed by atoms with E-state index < -0.39 is 6.10 Å². The monoisotopic (exact) mass is 385 g/mol. The summed E-state index contributed by atoms with van der Waals surface area (Å²) in [7, 11) is 0. The number of benzene rings is 1. The first-order valence-corrected chi connectivity index (χ1v) is 10.1. The fraction of sp³-hybridized carbons (Fsp3) is 0.524. The number of nitrogens with zero attached hydrogens (tertiary/aromatic N) is 3. The SMILES string of the molecule is CCNC(=NCc1ccccc1Cn1cccn1)NCC(O)COCC1CC1. The molecule has 7 heteroatoms. The van der Waals surface area contributed by atoms with E-state index in [2.05, 4.69) is 32.9 Å². The lowest BCUT2D eigenvalue weighted by atomic mass is 10.1. The smallest absolute Gasteiger partial charge is 0.191 e. The largest absolute Gasteiger partial charge is 0.389 e. The summed E-state index contributed by atoms with van der Waals surface area (Å²) in [5.41, 5.74) is 2.35. The number of nitrogens with one attached hydrogen (secondary N) is 2. The van der Waals surface area contributed by atoms with Crippen LogP contribution in [-0.4, -0.2) is 53.3 Å². The number of ether oxygens (including phenoxy) is 1. The number of guanidine groups is 1. The molecule has 1 unspecified atom stereocenters. The maximum absolute atomic E-state index is 10.1. The van der Waals surface area contributed by atoms with Gasteiger partial charge in [0.1, 0.15) is 0 Å². The van der Waals surface area contributed by atoms with Gasteiger partial charge in [-0.3, -0.25) is 4.68 Å². The Bertz CT molecular complexity index is 728. The van der Waals surface area contributed by atoms with Crippen molar-refractivity contribution in [1.82, 2.24) is 20.4 Å². The summed E-state index contributed by atoms with van der Waals surface area (Å²) in [6, 6.07) is 10.2. The molecule has 1 aromatic carbocycles. The molecule has 0 aliphatic heterocycles. The van der Waals surface area contributed by atoms with Crippen LogP contribution in [0, 0.1) is 5.92 Å². The number of aliphatic imine (C=N–C) groups is 1. The van der Waals surface area contributed by atoms with Crippen LogP contribution in [0.15, 0.2) is 47.7 Å². The van der Waals surface area contributed by atoms with Gasteiger partial charge in [0.25, 0.3) is 0 Å². The number of hydrogen-bond acceptors (Lipinski definition) is 4. The van der Waals surface area contributed by atoms with Crippen molar-refractivity contribution >= 4 is 5.96 Å². The van der Waals surface area contributed by atoms with Gasteiger partial charge in [0, 0.05) is 32.1 Å². The molecule has 1 fully saturated rings. The number of aliphatic hydroxyl groups is 1. The van der Waals surface area contributed by atoms with Gasteiger partial charge in [-0.2, -0.15) is 5.10 Å². The maximum Gasteiger partial charge on any atom is 0.191 e. The van der Waals surface area contributed by atoms with E-state index in [9.17, 15) is 5.11 Å². The van der Waals surface area contributed by atoms with E-state index in [1.165, 1.54) is 18.4 Å². The van der Waals surface area contributed by atoms with Crippen LogP contribution in [0.1, 0.15) is 30.9 Å². The summed E-state index contributed by atoms with van der Waals surface area (Å²) in [6.45, 7) is 5.59. The number of aliphatic hydroxyl groups excluding tert-OH is 1. The van der Waals surface area contributed by atoms with Gasteiger partial charge in [-0.1, -0.05) is 24.3 Å². The van der Waals surface area contributed by atoms with Crippen molar-refractivity contribution in [2.75, 3.05) is 26.3 Å². The summed E-state index contributed by atoms with van der Waals surface area (Å²) in [6.07, 6.45) is 5.71. The Morgan fingerprint density at radius 1 is 1.29 bits per heavy atom. The topological polar surface area (TPSA) is 83.7 Å². The van der Waals surface area contributed by atoms with Crippen molar-refractivity contribution in [2.24, 2.45) is 10.9 Å². The predicted molar refractivity (Wildman–Crippen MR) is 110 cm³/mol. The van der Waals surface area contributed by atoms with Crippen LogP contribution in [0.25, 0.3) is 0 Å². The van der Waals surface area contributed by atoms with Crippen LogP contribution in [-0.2, 0) is 17.8 Å². The minimum Gasteiger partial charge on any atom is -0.389 e. The third-order valence-corrected chi connectivity index (χ3v) is 4.63. The molecule has 1 atom stereocenters. The van der Waals surface area contributed by atoms with E-state index in [0.717, 1.165) is 25.3 Å². The first-order chi connectivity index (χ1) is 13.7. The molecule has 0 spiro atoms. The van der Waals surface area contributed by atoms with Gasteiger partial charge in [-0.25, -0.2) is 4.99 Å². The summed E-state index contributed by atoms with van der Waals surface area (Å²) >= 11 is 0. The lowest BCUT2D eigenvalue weighted by Gasteiger charge is -2.16. The third-order valence-electron chi connectivity index (χ3n) is 4.63. The van der Waals surface area contributed by atoms with Gasteiger partial charge in [-0.05, 0) is 42.9 Å². The molecule has 2 aromatic rings. The second kappa shape index (κ2) is 10.8. The Morgan fingerprint density at radius 3 is 2.82 bits per heavy atom. The molecule has 0 saturated heterocycles. The minimum atomic E-state index is -0.547. The highest BCUT2D eigenvalue weighted by Crippen LogP contribution is 2.28. The molecule has 1 aromatic heterocycles. The zero-order valence-electron chi connectivity index (χ0n) is 16.6. The van der Waals surface area contributed by atoms with E-state index in [1.807, 2.05) is 36.0 Å². The van der Waals surface area contributed by atoms with Crippen LogP contribution < -0.4 is 10.6 Å². The van der Waals surface area contributed by atoms with Crippen molar-refractivity contribution in [1.29, 1.82) is 0 Å². The van der Waals surface area contributed by atoms with Crippen molar-refractivity contribution in [3.05, 3.63) is 53.9 Å².